The van der Waals surface area contributed by atoms with Gasteiger partial charge in [-0.2, -0.15) is 5.26 Å². The number of nitrogens with zero attached hydrogens (tertiary/aromatic N) is 1. The number of hydrogen-bond donors (Lipinski definition) is 0. The highest BCUT2D eigenvalue weighted by Gasteiger charge is 2.34. The second-order valence-corrected chi connectivity index (χ2v) is 3.66. The number of halogens is 2. The van der Waals surface area contributed by atoms with E-state index in [9.17, 15) is 13.6 Å². The molecule has 0 aliphatic carbocycles. The lowest BCUT2D eigenvalue weighted by Gasteiger charge is -2.24. The molecule has 0 aromatic rings. The Hall–Kier alpha value is -0.630. The van der Waals surface area contributed by atoms with Crippen LogP contribution in [0.25, 0.3) is 0 Å². The summed E-state index contributed by atoms with van der Waals surface area (Å²) in [6, 6.07) is 1.51. The summed E-state index contributed by atoms with van der Waals surface area (Å²) in [4.78, 5) is 10.7. The molecule has 2 unspecified atom stereocenters. The fourth-order valence-corrected chi connectivity index (χ4v) is 1.72. The quantitative estimate of drug-likeness (QED) is 0.681. The Kier molecular flexibility index (Phi) is 3.04. The molecule has 2 nitrogen and oxygen atoms in total. The standard InChI is InChI=1S/C7H7F2NOS/c8-6(9)4(2-10)1-5-3-12-7(5)11/h4-6H,1,3H2. The van der Waals surface area contributed by atoms with Crippen molar-refractivity contribution in [1.82, 2.24) is 0 Å². The molecular weight excluding hydrogens is 184 g/mol. The van der Waals surface area contributed by atoms with Gasteiger partial charge in [0.15, 0.2) is 5.12 Å². The van der Waals surface area contributed by atoms with Crippen molar-refractivity contribution in [2.45, 2.75) is 12.8 Å². The van der Waals surface area contributed by atoms with Crippen molar-refractivity contribution in [3.8, 4) is 6.07 Å². The third-order valence-electron chi connectivity index (χ3n) is 1.77. The van der Waals surface area contributed by atoms with E-state index in [0.717, 1.165) is 11.8 Å². The average Bonchev–Trinajstić information content (AvgIpc) is 2.02. The molecule has 1 aliphatic rings. The van der Waals surface area contributed by atoms with Gasteiger partial charge in [-0.25, -0.2) is 8.78 Å². The van der Waals surface area contributed by atoms with Gasteiger partial charge < -0.3 is 0 Å². The van der Waals surface area contributed by atoms with E-state index in [2.05, 4.69) is 0 Å². The van der Waals surface area contributed by atoms with Crippen LogP contribution in [0.15, 0.2) is 0 Å². The SMILES string of the molecule is N#CC(CC1CSC1=O)C(F)F. The summed E-state index contributed by atoms with van der Waals surface area (Å²) in [5, 5.41) is 8.24. The van der Waals surface area contributed by atoms with Gasteiger partial charge in [0.2, 0.25) is 0 Å². The first-order chi connectivity index (χ1) is 5.65. The maximum atomic E-state index is 12.0. The maximum Gasteiger partial charge on any atom is 0.254 e. The molecule has 1 saturated heterocycles. The highest BCUT2D eigenvalue weighted by atomic mass is 32.2. The van der Waals surface area contributed by atoms with Crippen molar-refractivity contribution in [3.05, 3.63) is 0 Å². The van der Waals surface area contributed by atoms with Gasteiger partial charge in [-0.15, -0.1) is 0 Å². The molecule has 1 rings (SSSR count). The van der Waals surface area contributed by atoms with Crippen molar-refractivity contribution >= 4 is 16.9 Å². The van der Waals surface area contributed by atoms with Crippen LogP contribution in [0.1, 0.15) is 6.42 Å². The summed E-state index contributed by atoms with van der Waals surface area (Å²) in [7, 11) is 0. The molecule has 5 heteroatoms. The molecule has 2 atom stereocenters. The van der Waals surface area contributed by atoms with E-state index < -0.39 is 12.3 Å². The summed E-state index contributed by atoms with van der Waals surface area (Å²) in [5.74, 6) is -1.00. The zero-order valence-electron chi connectivity index (χ0n) is 6.17. The van der Waals surface area contributed by atoms with Crippen LogP contribution >= 0.6 is 11.8 Å². The maximum absolute atomic E-state index is 12.0. The molecule has 0 N–H and O–H groups in total. The smallest absolute Gasteiger partial charge is 0.254 e. The number of carbonyl (C=O) groups excluding carboxylic acids is 1. The third-order valence-corrected chi connectivity index (χ3v) is 2.96. The Balaban J connectivity index is 2.38. The van der Waals surface area contributed by atoms with Gasteiger partial charge in [-0.1, -0.05) is 11.8 Å². The van der Waals surface area contributed by atoms with Crippen LogP contribution in [-0.4, -0.2) is 17.3 Å². The van der Waals surface area contributed by atoms with Gasteiger partial charge in [0.25, 0.3) is 6.43 Å². The lowest BCUT2D eigenvalue weighted by atomic mass is 9.97. The van der Waals surface area contributed by atoms with Crippen molar-refractivity contribution in [1.29, 1.82) is 5.26 Å². The minimum Gasteiger partial charge on any atom is -0.287 e. The Bertz CT molecular complexity index is 226. The monoisotopic (exact) mass is 191 g/mol. The second-order valence-electron chi connectivity index (χ2n) is 2.63. The average molecular weight is 191 g/mol. The Labute approximate surface area is 72.9 Å². The highest BCUT2D eigenvalue weighted by Crippen LogP contribution is 2.33. The molecule has 1 heterocycles. The van der Waals surface area contributed by atoms with Gasteiger partial charge in [-0.05, 0) is 6.42 Å². The van der Waals surface area contributed by atoms with E-state index in [1.807, 2.05) is 0 Å². The van der Waals surface area contributed by atoms with E-state index in [0.29, 0.717) is 5.75 Å². The predicted octanol–water partition coefficient (Wildman–Crippen LogP) is 1.67. The molecule has 0 amide bonds. The van der Waals surface area contributed by atoms with Crippen LogP contribution in [0.4, 0.5) is 8.78 Å². The van der Waals surface area contributed by atoms with E-state index in [-0.39, 0.29) is 17.5 Å². The van der Waals surface area contributed by atoms with Gasteiger partial charge >= 0.3 is 0 Å². The summed E-state index contributed by atoms with van der Waals surface area (Å²) in [5.41, 5.74) is 0. The summed E-state index contributed by atoms with van der Waals surface area (Å²) >= 11 is 1.14. The number of thioether (sulfide) groups is 1. The lowest BCUT2D eigenvalue weighted by Crippen LogP contribution is -2.29. The van der Waals surface area contributed by atoms with Crippen LogP contribution in [0.5, 0.6) is 0 Å². The van der Waals surface area contributed by atoms with Crippen molar-refractivity contribution in [3.63, 3.8) is 0 Å². The normalized spacial score (nSPS) is 24.8. The number of hydrogen-bond acceptors (Lipinski definition) is 3. The van der Waals surface area contributed by atoms with Gasteiger partial charge in [-0.3, -0.25) is 4.79 Å². The number of nitriles is 1. The summed E-state index contributed by atoms with van der Waals surface area (Å²) < 4.78 is 24.0. The van der Waals surface area contributed by atoms with E-state index >= 15 is 0 Å². The fraction of sp³-hybridized carbons (Fsp3) is 0.714. The molecule has 0 bridgehead atoms. The summed E-state index contributed by atoms with van der Waals surface area (Å²) in [6.45, 7) is 0. The summed E-state index contributed by atoms with van der Waals surface area (Å²) in [6.07, 6.45) is -2.62. The highest BCUT2D eigenvalue weighted by molar-refractivity contribution is 8.15. The molecule has 66 valence electrons. The molecule has 0 radical (unpaired) electrons. The zero-order chi connectivity index (χ0) is 9.14. The molecule has 0 aromatic carbocycles. The van der Waals surface area contributed by atoms with Gasteiger partial charge in [0.1, 0.15) is 5.92 Å². The van der Waals surface area contributed by atoms with E-state index in [4.69, 9.17) is 5.26 Å². The molecule has 1 aliphatic heterocycles. The number of rotatable bonds is 3. The first-order valence-corrected chi connectivity index (χ1v) is 4.48. The molecule has 1 fully saturated rings. The van der Waals surface area contributed by atoms with E-state index in [1.54, 1.807) is 0 Å². The van der Waals surface area contributed by atoms with Gasteiger partial charge in [0.05, 0.1) is 6.07 Å². The molecule has 12 heavy (non-hydrogen) atoms. The minimum absolute atomic E-state index is 0.0139. The van der Waals surface area contributed by atoms with E-state index in [1.165, 1.54) is 6.07 Å². The zero-order valence-corrected chi connectivity index (χ0v) is 6.98. The third kappa shape index (κ3) is 1.95. The predicted molar refractivity (Wildman–Crippen MR) is 40.7 cm³/mol. The van der Waals surface area contributed by atoms with Crippen LogP contribution in [0, 0.1) is 23.2 Å². The second kappa shape index (κ2) is 3.85. The number of carbonyl (C=O) groups is 1. The van der Waals surface area contributed by atoms with Crippen LogP contribution in [-0.2, 0) is 4.79 Å². The van der Waals surface area contributed by atoms with Crippen LogP contribution in [0.2, 0.25) is 0 Å². The first-order valence-electron chi connectivity index (χ1n) is 3.49. The molecular formula is C7H7F2NOS. The van der Waals surface area contributed by atoms with Crippen molar-refractivity contribution in [2.75, 3.05) is 5.75 Å². The Morgan fingerprint density at radius 3 is 2.67 bits per heavy atom. The molecule has 0 spiro atoms. The lowest BCUT2D eigenvalue weighted by molar-refractivity contribution is -0.115. The molecule has 0 saturated carbocycles. The van der Waals surface area contributed by atoms with Crippen molar-refractivity contribution in [2.24, 2.45) is 11.8 Å². The van der Waals surface area contributed by atoms with Crippen LogP contribution < -0.4 is 0 Å². The largest absolute Gasteiger partial charge is 0.287 e. The first kappa shape index (κ1) is 9.46. The number of alkyl halides is 2. The van der Waals surface area contributed by atoms with Crippen molar-refractivity contribution < 1.29 is 13.6 Å². The fourth-order valence-electron chi connectivity index (χ4n) is 0.952. The molecule has 0 aromatic heterocycles. The topological polar surface area (TPSA) is 40.9 Å². The minimum atomic E-state index is -2.63. The van der Waals surface area contributed by atoms with Gasteiger partial charge in [0, 0.05) is 11.7 Å². The Morgan fingerprint density at radius 2 is 2.42 bits per heavy atom. The van der Waals surface area contributed by atoms with Crippen LogP contribution in [0.3, 0.4) is 0 Å². The Morgan fingerprint density at radius 1 is 1.75 bits per heavy atom.